The Balaban J connectivity index is 1.73. The zero-order valence-corrected chi connectivity index (χ0v) is 13.0. The van der Waals surface area contributed by atoms with E-state index in [2.05, 4.69) is 12.2 Å². The number of amides is 1. The molecule has 118 valence electrons. The first kappa shape index (κ1) is 15.1. The van der Waals surface area contributed by atoms with E-state index in [1.807, 2.05) is 6.07 Å². The molecule has 2 aliphatic carbocycles. The van der Waals surface area contributed by atoms with Gasteiger partial charge in [0.15, 0.2) is 0 Å². The maximum atomic E-state index is 12.4. The van der Waals surface area contributed by atoms with Gasteiger partial charge in [-0.1, -0.05) is 6.92 Å². The molecule has 0 aromatic heterocycles. The molecule has 0 bridgehead atoms. The summed E-state index contributed by atoms with van der Waals surface area (Å²) < 4.78 is 0. The molecule has 3 rings (SSSR count). The van der Waals surface area contributed by atoms with E-state index in [1.165, 1.54) is 0 Å². The van der Waals surface area contributed by atoms with Gasteiger partial charge in [-0.25, -0.2) is 4.79 Å². The van der Waals surface area contributed by atoms with E-state index in [1.54, 1.807) is 12.1 Å². The molecule has 0 saturated heterocycles. The average Bonchev–Trinajstić information content (AvgIpc) is 3.32. The van der Waals surface area contributed by atoms with Gasteiger partial charge in [0.2, 0.25) is 5.91 Å². The second kappa shape index (κ2) is 6.11. The van der Waals surface area contributed by atoms with Crippen molar-refractivity contribution in [3.8, 4) is 0 Å². The van der Waals surface area contributed by atoms with Crippen LogP contribution >= 0.6 is 0 Å². The summed E-state index contributed by atoms with van der Waals surface area (Å²) in [6.45, 7) is 2.23. The number of anilines is 1. The Kier molecular flexibility index (Phi) is 4.19. The van der Waals surface area contributed by atoms with Gasteiger partial charge < -0.3 is 10.4 Å². The summed E-state index contributed by atoms with van der Waals surface area (Å²) in [5.74, 6) is 0.334. The summed E-state index contributed by atoms with van der Waals surface area (Å²) >= 11 is 0. The van der Waals surface area contributed by atoms with Crippen LogP contribution in [0.1, 0.15) is 67.3 Å². The Labute approximate surface area is 130 Å². The lowest BCUT2D eigenvalue weighted by atomic mass is 9.82. The second-order valence-electron chi connectivity index (χ2n) is 6.87. The minimum Gasteiger partial charge on any atom is -0.478 e. The molecule has 2 N–H and O–H groups in total. The largest absolute Gasteiger partial charge is 0.478 e. The van der Waals surface area contributed by atoms with Gasteiger partial charge in [-0.05, 0) is 74.1 Å². The lowest BCUT2D eigenvalue weighted by Crippen LogP contribution is -2.26. The van der Waals surface area contributed by atoms with Gasteiger partial charge in [-0.15, -0.1) is 0 Å². The van der Waals surface area contributed by atoms with Crippen molar-refractivity contribution in [1.29, 1.82) is 0 Å². The monoisotopic (exact) mass is 301 g/mol. The minimum absolute atomic E-state index is 0.0381. The number of carboxylic acid groups (broad SMARTS) is 1. The number of rotatable bonds is 4. The molecule has 0 unspecified atom stereocenters. The number of carbonyl (C=O) groups is 2. The van der Waals surface area contributed by atoms with Crippen molar-refractivity contribution in [2.45, 2.75) is 51.4 Å². The first-order chi connectivity index (χ1) is 10.5. The topological polar surface area (TPSA) is 66.4 Å². The molecule has 2 aliphatic rings. The zero-order valence-electron chi connectivity index (χ0n) is 13.0. The number of carboxylic acids is 1. The highest BCUT2D eigenvalue weighted by Gasteiger charge is 2.27. The van der Waals surface area contributed by atoms with Crippen LogP contribution in [0.2, 0.25) is 0 Å². The molecule has 0 spiro atoms. The fraction of sp³-hybridized carbons (Fsp3) is 0.556. The maximum absolute atomic E-state index is 12.4. The SMILES string of the molecule is CC1CCC(C(=O)Nc2cc(C(=O)O)cc(C3CC3)c2)CC1. The van der Waals surface area contributed by atoms with Crippen molar-refractivity contribution in [1.82, 2.24) is 0 Å². The third kappa shape index (κ3) is 3.49. The smallest absolute Gasteiger partial charge is 0.335 e. The zero-order chi connectivity index (χ0) is 15.7. The summed E-state index contributed by atoms with van der Waals surface area (Å²) in [6.07, 6.45) is 6.28. The van der Waals surface area contributed by atoms with E-state index < -0.39 is 5.97 Å². The van der Waals surface area contributed by atoms with Crippen LogP contribution in [-0.4, -0.2) is 17.0 Å². The predicted octanol–water partition coefficient (Wildman–Crippen LogP) is 4.03. The molecule has 1 amide bonds. The number of hydrogen-bond donors (Lipinski definition) is 2. The number of carbonyl (C=O) groups excluding carboxylic acids is 1. The van der Waals surface area contributed by atoms with Crippen LogP contribution in [0.5, 0.6) is 0 Å². The van der Waals surface area contributed by atoms with Gasteiger partial charge in [-0.3, -0.25) is 4.79 Å². The Morgan fingerprint density at radius 2 is 1.73 bits per heavy atom. The van der Waals surface area contributed by atoms with E-state index in [-0.39, 0.29) is 17.4 Å². The molecule has 0 aliphatic heterocycles. The van der Waals surface area contributed by atoms with Gasteiger partial charge in [-0.2, -0.15) is 0 Å². The van der Waals surface area contributed by atoms with Gasteiger partial charge in [0.05, 0.1) is 5.56 Å². The lowest BCUT2D eigenvalue weighted by molar-refractivity contribution is -0.121. The van der Waals surface area contributed by atoms with Gasteiger partial charge in [0.25, 0.3) is 0 Å². The summed E-state index contributed by atoms with van der Waals surface area (Å²) in [6, 6.07) is 5.24. The lowest BCUT2D eigenvalue weighted by Gasteiger charge is -2.25. The van der Waals surface area contributed by atoms with E-state index in [9.17, 15) is 14.7 Å². The van der Waals surface area contributed by atoms with Crippen LogP contribution in [0.3, 0.4) is 0 Å². The number of nitrogens with one attached hydrogen (secondary N) is 1. The van der Waals surface area contributed by atoms with E-state index in [0.29, 0.717) is 17.5 Å². The van der Waals surface area contributed by atoms with E-state index in [4.69, 9.17) is 0 Å². The van der Waals surface area contributed by atoms with Crippen LogP contribution in [0.25, 0.3) is 0 Å². The summed E-state index contributed by atoms with van der Waals surface area (Å²) in [5, 5.41) is 12.2. The highest BCUT2D eigenvalue weighted by Crippen LogP contribution is 2.41. The van der Waals surface area contributed by atoms with Gasteiger partial charge in [0, 0.05) is 11.6 Å². The molecular formula is C18H23NO3. The molecule has 2 saturated carbocycles. The maximum Gasteiger partial charge on any atom is 0.335 e. The van der Waals surface area contributed by atoms with Gasteiger partial charge in [0.1, 0.15) is 0 Å². The number of aromatic carboxylic acids is 1. The molecule has 1 aromatic rings. The second-order valence-corrected chi connectivity index (χ2v) is 6.87. The summed E-state index contributed by atoms with van der Waals surface area (Å²) in [5.41, 5.74) is 1.93. The summed E-state index contributed by atoms with van der Waals surface area (Å²) in [4.78, 5) is 23.7. The van der Waals surface area contributed by atoms with E-state index in [0.717, 1.165) is 44.1 Å². The van der Waals surface area contributed by atoms with E-state index >= 15 is 0 Å². The quantitative estimate of drug-likeness (QED) is 0.882. The molecule has 0 atom stereocenters. The van der Waals surface area contributed by atoms with Crippen LogP contribution in [0.15, 0.2) is 18.2 Å². The van der Waals surface area contributed by atoms with Crippen molar-refractivity contribution in [3.63, 3.8) is 0 Å². The Morgan fingerprint density at radius 1 is 1.05 bits per heavy atom. The number of hydrogen-bond acceptors (Lipinski definition) is 2. The average molecular weight is 301 g/mol. The Bertz CT molecular complexity index is 584. The third-order valence-electron chi connectivity index (χ3n) is 4.91. The Morgan fingerprint density at radius 3 is 2.32 bits per heavy atom. The fourth-order valence-corrected chi connectivity index (χ4v) is 3.27. The highest BCUT2D eigenvalue weighted by atomic mass is 16.4. The van der Waals surface area contributed by atoms with Crippen LogP contribution < -0.4 is 5.32 Å². The molecule has 2 fully saturated rings. The first-order valence-corrected chi connectivity index (χ1v) is 8.22. The van der Waals surface area contributed by atoms with Crippen LogP contribution in [-0.2, 0) is 4.79 Å². The first-order valence-electron chi connectivity index (χ1n) is 8.22. The van der Waals surface area contributed by atoms with Crippen LogP contribution in [0, 0.1) is 11.8 Å². The molecule has 0 radical (unpaired) electrons. The van der Waals surface area contributed by atoms with Crippen molar-refractivity contribution in [3.05, 3.63) is 29.3 Å². The van der Waals surface area contributed by atoms with Crippen molar-refractivity contribution in [2.24, 2.45) is 11.8 Å². The molecule has 4 heteroatoms. The van der Waals surface area contributed by atoms with Crippen molar-refractivity contribution >= 4 is 17.6 Å². The summed E-state index contributed by atoms with van der Waals surface area (Å²) in [7, 11) is 0. The standard InChI is InChI=1S/C18H23NO3/c1-11-2-4-13(5-3-11)17(20)19-16-9-14(12-6-7-12)8-15(10-16)18(21)22/h8-13H,2-7H2,1H3,(H,19,20)(H,21,22). The van der Waals surface area contributed by atoms with Crippen molar-refractivity contribution in [2.75, 3.05) is 5.32 Å². The molecule has 0 heterocycles. The molecular weight excluding hydrogens is 278 g/mol. The number of benzene rings is 1. The Hall–Kier alpha value is -1.84. The van der Waals surface area contributed by atoms with Crippen LogP contribution in [0.4, 0.5) is 5.69 Å². The third-order valence-corrected chi connectivity index (χ3v) is 4.91. The molecule has 1 aromatic carbocycles. The fourth-order valence-electron chi connectivity index (χ4n) is 3.27. The van der Waals surface area contributed by atoms with Gasteiger partial charge >= 0.3 is 5.97 Å². The molecule has 22 heavy (non-hydrogen) atoms. The van der Waals surface area contributed by atoms with Crippen molar-refractivity contribution < 1.29 is 14.7 Å². The normalized spacial score (nSPS) is 24.8. The predicted molar refractivity (Wildman–Crippen MR) is 85.1 cm³/mol. The molecule has 4 nitrogen and oxygen atoms in total. The minimum atomic E-state index is -0.940. The highest BCUT2D eigenvalue weighted by molar-refractivity contribution is 5.95.